The molecule has 3 aromatic carbocycles. The molecule has 1 heterocycles. The lowest BCUT2D eigenvalue weighted by Crippen LogP contribution is -2.34. The van der Waals surface area contributed by atoms with E-state index in [0.717, 1.165) is 42.7 Å². The second-order valence-electron chi connectivity index (χ2n) is 7.12. The molecule has 1 aliphatic rings. The molecule has 1 aliphatic heterocycles. The fourth-order valence-corrected chi connectivity index (χ4v) is 3.76. The molecule has 3 N–H and O–H groups in total. The molecule has 0 fully saturated rings. The number of hydrogen-bond donors (Lipinski definition) is 2. The van der Waals surface area contributed by atoms with E-state index < -0.39 is 0 Å². The van der Waals surface area contributed by atoms with Gasteiger partial charge in [-0.3, -0.25) is 4.79 Å². The van der Waals surface area contributed by atoms with Gasteiger partial charge in [0.2, 0.25) is 0 Å². The number of nitrogens with one attached hydrogen (secondary N) is 1. The number of nitrogens with zero attached hydrogens (tertiary/aromatic N) is 1. The topological polar surface area (TPSA) is 58.4 Å². The number of hydrogen-bond acceptors (Lipinski definition) is 3. The van der Waals surface area contributed by atoms with E-state index in [9.17, 15) is 4.79 Å². The van der Waals surface area contributed by atoms with Crippen LogP contribution in [0, 0.1) is 0 Å². The summed E-state index contributed by atoms with van der Waals surface area (Å²) in [5.41, 5.74) is 12.0. The number of carbonyl (C=O) groups is 1. The number of rotatable bonds is 5. The van der Waals surface area contributed by atoms with Crippen LogP contribution in [-0.2, 0) is 6.42 Å². The molecule has 4 nitrogen and oxygen atoms in total. The largest absolute Gasteiger partial charge is 0.370 e. The van der Waals surface area contributed by atoms with E-state index >= 15 is 0 Å². The third kappa shape index (κ3) is 3.92. The zero-order valence-electron chi connectivity index (χ0n) is 15.9. The Labute approximate surface area is 166 Å². The van der Waals surface area contributed by atoms with Gasteiger partial charge in [0, 0.05) is 36.6 Å². The predicted octanol–water partition coefficient (Wildman–Crippen LogP) is 4.32. The van der Waals surface area contributed by atoms with E-state index in [1.54, 1.807) is 0 Å². The van der Waals surface area contributed by atoms with Gasteiger partial charge in [-0.2, -0.15) is 0 Å². The molecule has 4 rings (SSSR count). The van der Waals surface area contributed by atoms with E-state index in [1.807, 2.05) is 48.5 Å². The minimum Gasteiger partial charge on any atom is -0.370 e. The number of carbonyl (C=O) groups excluding carboxylic acids is 1. The van der Waals surface area contributed by atoms with E-state index in [0.29, 0.717) is 12.1 Å². The first-order valence-electron chi connectivity index (χ1n) is 9.79. The summed E-state index contributed by atoms with van der Waals surface area (Å²) in [5, 5.41) is 3.03. The number of benzene rings is 3. The Hall–Kier alpha value is -3.11. The van der Waals surface area contributed by atoms with E-state index in [1.165, 1.54) is 11.3 Å². The van der Waals surface area contributed by atoms with Gasteiger partial charge in [0.25, 0.3) is 5.91 Å². The van der Waals surface area contributed by atoms with Crippen LogP contribution in [-0.4, -0.2) is 25.5 Å². The minimum absolute atomic E-state index is 0.0965. The standard InChI is InChI=1S/C24H25N3O/c25-14-16-27-15-4-7-20-12-13-22(17-23(20)27)26-24(28)21-10-8-19(9-11-21)18-5-2-1-3-6-18/h1-3,5-6,8-13,17H,4,7,14-16,25H2,(H,26,28). The van der Waals surface area contributed by atoms with Crippen molar-refractivity contribution in [2.24, 2.45) is 5.73 Å². The summed E-state index contributed by atoms with van der Waals surface area (Å²) < 4.78 is 0. The summed E-state index contributed by atoms with van der Waals surface area (Å²) in [6.45, 7) is 2.48. The summed E-state index contributed by atoms with van der Waals surface area (Å²) in [4.78, 5) is 15.0. The smallest absolute Gasteiger partial charge is 0.255 e. The van der Waals surface area contributed by atoms with E-state index in [2.05, 4.69) is 34.5 Å². The first-order chi connectivity index (χ1) is 13.7. The van der Waals surface area contributed by atoms with Crippen molar-refractivity contribution in [3.63, 3.8) is 0 Å². The fourth-order valence-electron chi connectivity index (χ4n) is 3.76. The molecule has 28 heavy (non-hydrogen) atoms. The zero-order valence-corrected chi connectivity index (χ0v) is 15.9. The van der Waals surface area contributed by atoms with Crippen molar-refractivity contribution in [3.8, 4) is 11.1 Å². The van der Waals surface area contributed by atoms with Crippen molar-refractivity contribution in [2.45, 2.75) is 12.8 Å². The van der Waals surface area contributed by atoms with Crippen molar-refractivity contribution >= 4 is 17.3 Å². The van der Waals surface area contributed by atoms with Gasteiger partial charge in [-0.25, -0.2) is 0 Å². The number of nitrogens with two attached hydrogens (primary N) is 1. The normalized spacial score (nSPS) is 13.1. The molecular weight excluding hydrogens is 346 g/mol. The number of aryl methyl sites for hydroxylation is 1. The zero-order chi connectivity index (χ0) is 19.3. The highest BCUT2D eigenvalue weighted by Crippen LogP contribution is 2.30. The highest BCUT2D eigenvalue weighted by Gasteiger charge is 2.17. The lowest BCUT2D eigenvalue weighted by molar-refractivity contribution is 0.102. The highest BCUT2D eigenvalue weighted by molar-refractivity contribution is 6.04. The SMILES string of the molecule is NCCN1CCCc2ccc(NC(=O)c3ccc(-c4ccccc4)cc3)cc21. The summed E-state index contributed by atoms with van der Waals surface area (Å²) in [6.07, 6.45) is 2.22. The van der Waals surface area contributed by atoms with Gasteiger partial charge in [-0.1, -0.05) is 48.5 Å². The molecule has 0 spiro atoms. The quantitative estimate of drug-likeness (QED) is 0.702. The molecular formula is C24H25N3O. The van der Waals surface area contributed by atoms with Crippen LogP contribution in [0.3, 0.4) is 0 Å². The molecule has 0 saturated carbocycles. The van der Waals surface area contributed by atoms with Gasteiger partial charge in [0.05, 0.1) is 0 Å². The summed E-state index contributed by atoms with van der Waals surface area (Å²) in [5.74, 6) is -0.0965. The molecule has 0 aliphatic carbocycles. The Morgan fingerprint density at radius 2 is 1.71 bits per heavy atom. The molecule has 0 unspecified atom stereocenters. The second-order valence-corrected chi connectivity index (χ2v) is 7.12. The van der Waals surface area contributed by atoms with Crippen molar-refractivity contribution in [1.82, 2.24) is 0 Å². The Morgan fingerprint density at radius 1 is 0.964 bits per heavy atom. The van der Waals surface area contributed by atoms with Gasteiger partial charge < -0.3 is 16.0 Å². The highest BCUT2D eigenvalue weighted by atomic mass is 16.1. The lowest BCUT2D eigenvalue weighted by atomic mass is 10.0. The molecule has 0 radical (unpaired) electrons. The van der Waals surface area contributed by atoms with Crippen LogP contribution in [0.15, 0.2) is 72.8 Å². The van der Waals surface area contributed by atoms with Crippen molar-refractivity contribution in [3.05, 3.63) is 83.9 Å². The maximum atomic E-state index is 12.7. The van der Waals surface area contributed by atoms with Crippen LogP contribution < -0.4 is 16.0 Å². The molecule has 3 aromatic rings. The Bertz CT molecular complexity index is 951. The Kier molecular flexibility index (Phi) is 5.40. The van der Waals surface area contributed by atoms with Crippen molar-refractivity contribution in [2.75, 3.05) is 29.9 Å². The summed E-state index contributed by atoms with van der Waals surface area (Å²) in [6, 6.07) is 24.0. The molecule has 0 aromatic heterocycles. The van der Waals surface area contributed by atoms with E-state index in [-0.39, 0.29) is 5.91 Å². The molecule has 0 atom stereocenters. The van der Waals surface area contributed by atoms with Gasteiger partial charge in [-0.05, 0) is 53.8 Å². The molecule has 142 valence electrons. The second kappa shape index (κ2) is 8.28. The maximum Gasteiger partial charge on any atom is 0.255 e. The molecule has 0 saturated heterocycles. The lowest BCUT2D eigenvalue weighted by Gasteiger charge is -2.31. The van der Waals surface area contributed by atoms with Crippen LogP contribution in [0.1, 0.15) is 22.3 Å². The fraction of sp³-hybridized carbons (Fsp3) is 0.208. The monoisotopic (exact) mass is 371 g/mol. The van der Waals surface area contributed by atoms with Crippen molar-refractivity contribution < 1.29 is 4.79 Å². The minimum atomic E-state index is -0.0965. The number of fused-ring (bicyclic) bond motifs is 1. The van der Waals surface area contributed by atoms with Gasteiger partial charge >= 0.3 is 0 Å². The molecule has 1 amide bonds. The van der Waals surface area contributed by atoms with Crippen LogP contribution in [0.25, 0.3) is 11.1 Å². The third-order valence-electron chi connectivity index (χ3n) is 5.21. The van der Waals surface area contributed by atoms with Crippen LogP contribution in [0.4, 0.5) is 11.4 Å². The number of amides is 1. The van der Waals surface area contributed by atoms with E-state index in [4.69, 9.17) is 5.73 Å². The Balaban J connectivity index is 1.50. The van der Waals surface area contributed by atoms with Gasteiger partial charge in [-0.15, -0.1) is 0 Å². The third-order valence-corrected chi connectivity index (χ3v) is 5.21. The molecule has 0 bridgehead atoms. The predicted molar refractivity (Wildman–Crippen MR) is 116 cm³/mol. The maximum absolute atomic E-state index is 12.7. The summed E-state index contributed by atoms with van der Waals surface area (Å²) >= 11 is 0. The van der Waals surface area contributed by atoms with Crippen LogP contribution in [0.5, 0.6) is 0 Å². The summed E-state index contributed by atoms with van der Waals surface area (Å²) in [7, 11) is 0. The van der Waals surface area contributed by atoms with Crippen LogP contribution in [0.2, 0.25) is 0 Å². The average molecular weight is 371 g/mol. The number of anilines is 2. The van der Waals surface area contributed by atoms with Gasteiger partial charge in [0.15, 0.2) is 0 Å². The molecule has 4 heteroatoms. The Morgan fingerprint density at radius 3 is 2.46 bits per heavy atom. The first-order valence-corrected chi connectivity index (χ1v) is 9.79. The van der Waals surface area contributed by atoms with Crippen LogP contribution >= 0.6 is 0 Å². The van der Waals surface area contributed by atoms with Crippen molar-refractivity contribution in [1.29, 1.82) is 0 Å². The van der Waals surface area contributed by atoms with Gasteiger partial charge in [0.1, 0.15) is 0 Å². The first kappa shape index (κ1) is 18.3. The average Bonchev–Trinajstić information content (AvgIpc) is 2.75.